The summed E-state index contributed by atoms with van der Waals surface area (Å²) < 4.78 is 43.3. The van der Waals surface area contributed by atoms with E-state index in [9.17, 15) is 13.2 Å². The maximum Gasteiger partial charge on any atom is 0.416 e. The summed E-state index contributed by atoms with van der Waals surface area (Å²) >= 11 is 0. The molecule has 0 amide bonds. The second-order valence-corrected chi connectivity index (χ2v) is 4.92. The quantitative estimate of drug-likeness (QED) is 0.924. The lowest BCUT2D eigenvalue weighted by molar-refractivity contribution is -0.137. The number of piperazine rings is 1. The highest BCUT2D eigenvalue weighted by Gasteiger charge is 2.32. The topological polar surface area (TPSA) is 24.5 Å². The maximum absolute atomic E-state index is 12.7. The van der Waals surface area contributed by atoms with Crippen LogP contribution in [0.25, 0.3) is 0 Å². The molecule has 7 heteroatoms. The highest BCUT2D eigenvalue weighted by Crippen LogP contribution is 2.36. The minimum atomic E-state index is -4.34. The van der Waals surface area contributed by atoms with E-state index in [-0.39, 0.29) is 18.4 Å². The number of halogens is 4. The summed E-state index contributed by atoms with van der Waals surface area (Å²) in [5, 5.41) is 3.26. The Balaban J connectivity index is 0.00000220. The molecule has 0 unspecified atom stereocenters. The van der Waals surface area contributed by atoms with Crippen molar-refractivity contribution in [2.45, 2.75) is 19.1 Å². The first kappa shape index (κ1) is 18.1. The maximum atomic E-state index is 12.7. The van der Waals surface area contributed by atoms with E-state index in [0.717, 1.165) is 43.9 Å². The molecule has 1 saturated heterocycles. The Labute approximate surface area is 128 Å². The van der Waals surface area contributed by atoms with Crippen LogP contribution < -0.4 is 10.1 Å². The molecule has 1 heterocycles. The molecule has 1 N–H and O–H groups in total. The molecule has 21 heavy (non-hydrogen) atoms. The molecule has 0 radical (unpaired) electrons. The largest absolute Gasteiger partial charge is 0.496 e. The minimum Gasteiger partial charge on any atom is -0.496 e. The normalized spacial score (nSPS) is 18.0. The molecule has 1 aliphatic heterocycles. The zero-order valence-electron chi connectivity index (χ0n) is 12.0. The standard InChI is InChI=1S/C14H19F3N2O.ClH/c1-10(19-7-5-18-6-8-19)12-4-3-11(14(15,16)17)9-13(12)20-2;/h3-4,9-10,18H,5-8H2,1-2H3;1H/t10-;/m1./s1. The molecule has 2 rings (SSSR count). The number of rotatable bonds is 3. The van der Waals surface area contributed by atoms with E-state index in [1.165, 1.54) is 13.2 Å². The number of alkyl halides is 3. The van der Waals surface area contributed by atoms with Gasteiger partial charge in [-0.15, -0.1) is 12.4 Å². The van der Waals surface area contributed by atoms with Gasteiger partial charge in [-0.25, -0.2) is 0 Å². The number of benzene rings is 1. The van der Waals surface area contributed by atoms with Crippen molar-refractivity contribution < 1.29 is 17.9 Å². The van der Waals surface area contributed by atoms with Gasteiger partial charge < -0.3 is 10.1 Å². The van der Waals surface area contributed by atoms with Gasteiger partial charge in [-0.3, -0.25) is 4.90 Å². The number of nitrogens with zero attached hydrogens (tertiary/aromatic N) is 1. The molecule has 0 aliphatic carbocycles. The fourth-order valence-electron chi connectivity index (χ4n) is 2.50. The lowest BCUT2D eigenvalue weighted by atomic mass is 10.0. The van der Waals surface area contributed by atoms with Gasteiger partial charge in [0.2, 0.25) is 0 Å². The van der Waals surface area contributed by atoms with Crippen molar-refractivity contribution in [2.75, 3.05) is 33.3 Å². The first-order valence-corrected chi connectivity index (χ1v) is 6.63. The average molecular weight is 325 g/mol. The van der Waals surface area contributed by atoms with Gasteiger partial charge in [-0.2, -0.15) is 13.2 Å². The molecule has 1 aromatic rings. The van der Waals surface area contributed by atoms with Gasteiger partial charge in [0.1, 0.15) is 5.75 Å². The molecule has 1 aliphatic rings. The third kappa shape index (κ3) is 4.25. The molecular formula is C14H20ClF3N2O. The smallest absolute Gasteiger partial charge is 0.416 e. The number of hydrogen-bond acceptors (Lipinski definition) is 3. The molecule has 0 bridgehead atoms. The Kier molecular flexibility index (Phi) is 6.31. The molecule has 0 saturated carbocycles. The summed E-state index contributed by atoms with van der Waals surface area (Å²) in [4.78, 5) is 2.24. The van der Waals surface area contributed by atoms with Crippen LogP contribution in [0.4, 0.5) is 13.2 Å². The zero-order valence-corrected chi connectivity index (χ0v) is 12.9. The predicted molar refractivity (Wildman–Crippen MR) is 78.1 cm³/mol. The molecule has 1 aromatic carbocycles. The van der Waals surface area contributed by atoms with Crippen LogP contribution >= 0.6 is 12.4 Å². The Bertz CT molecular complexity index is 462. The number of ether oxygens (including phenoxy) is 1. The van der Waals surface area contributed by atoms with Crippen LogP contribution in [-0.4, -0.2) is 38.2 Å². The zero-order chi connectivity index (χ0) is 14.8. The monoisotopic (exact) mass is 324 g/mol. The van der Waals surface area contributed by atoms with Crippen molar-refractivity contribution in [3.63, 3.8) is 0 Å². The van der Waals surface area contributed by atoms with Crippen LogP contribution in [0.15, 0.2) is 18.2 Å². The van der Waals surface area contributed by atoms with E-state index in [0.29, 0.717) is 5.75 Å². The number of nitrogens with one attached hydrogen (secondary N) is 1. The fraction of sp³-hybridized carbons (Fsp3) is 0.571. The molecule has 0 aromatic heterocycles. The van der Waals surface area contributed by atoms with Crippen molar-refractivity contribution in [3.8, 4) is 5.75 Å². The molecule has 1 atom stereocenters. The van der Waals surface area contributed by atoms with E-state index in [1.54, 1.807) is 0 Å². The molecule has 120 valence electrons. The summed E-state index contributed by atoms with van der Waals surface area (Å²) in [5.41, 5.74) is 0.119. The lowest BCUT2D eigenvalue weighted by Crippen LogP contribution is -2.44. The van der Waals surface area contributed by atoms with E-state index in [2.05, 4.69) is 10.2 Å². The fourth-order valence-corrected chi connectivity index (χ4v) is 2.50. The van der Waals surface area contributed by atoms with Gasteiger partial charge in [-0.1, -0.05) is 6.07 Å². The van der Waals surface area contributed by atoms with Gasteiger partial charge in [0.25, 0.3) is 0 Å². The molecule has 0 spiro atoms. The van der Waals surface area contributed by atoms with Gasteiger partial charge in [0.15, 0.2) is 0 Å². The Morgan fingerprint density at radius 2 is 1.86 bits per heavy atom. The first-order chi connectivity index (χ1) is 9.43. The van der Waals surface area contributed by atoms with E-state index in [4.69, 9.17) is 4.74 Å². The summed E-state index contributed by atoms with van der Waals surface area (Å²) in [5.74, 6) is 0.297. The summed E-state index contributed by atoms with van der Waals surface area (Å²) in [7, 11) is 1.41. The van der Waals surface area contributed by atoms with Crippen LogP contribution in [0, 0.1) is 0 Å². The lowest BCUT2D eigenvalue weighted by Gasteiger charge is -2.33. The summed E-state index contributed by atoms with van der Waals surface area (Å²) in [6.07, 6.45) is -4.34. The first-order valence-electron chi connectivity index (χ1n) is 6.63. The van der Waals surface area contributed by atoms with Gasteiger partial charge in [0.05, 0.1) is 12.7 Å². The number of hydrogen-bond donors (Lipinski definition) is 1. The Morgan fingerprint density at radius 3 is 2.38 bits per heavy atom. The van der Waals surface area contributed by atoms with Gasteiger partial charge in [-0.05, 0) is 19.1 Å². The second kappa shape index (κ2) is 7.33. The van der Waals surface area contributed by atoms with E-state index >= 15 is 0 Å². The highest BCUT2D eigenvalue weighted by atomic mass is 35.5. The predicted octanol–water partition coefficient (Wildman–Crippen LogP) is 3.10. The van der Waals surface area contributed by atoms with Crippen molar-refractivity contribution in [1.29, 1.82) is 0 Å². The van der Waals surface area contributed by atoms with Crippen LogP contribution in [0.1, 0.15) is 24.1 Å². The highest BCUT2D eigenvalue weighted by molar-refractivity contribution is 5.85. The van der Waals surface area contributed by atoms with E-state index in [1.807, 2.05) is 6.92 Å². The van der Waals surface area contributed by atoms with Gasteiger partial charge >= 0.3 is 6.18 Å². The van der Waals surface area contributed by atoms with Crippen LogP contribution in [0.2, 0.25) is 0 Å². The third-order valence-electron chi connectivity index (χ3n) is 3.71. The van der Waals surface area contributed by atoms with Crippen molar-refractivity contribution in [3.05, 3.63) is 29.3 Å². The molecule has 3 nitrogen and oxygen atoms in total. The average Bonchev–Trinajstić information content (AvgIpc) is 2.45. The van der Waals surface area contributed by atoms with Crippen molar-refractivity contribution in [1.82, 2.24) is 10.2 Å². The summed E-state index contributed by atoms with van der Waals surface area (Å²) in [6.45, 7) is 5.55. The van der Waals surface area contributed by atoms with Crippen LogP contribution in [-0.2, 0) is 6.18 Å². The van der Waals surface area contributed by atoms with Crippen LogP contribution in [0.5, 0.6) is 5.75 Å². The van der Waals surface area contributed by atoms with Crippen LogP contribution in [0.3, 0.4) is 0 Å². The second-order valence-electron chi connectivity index (χ2n) is 4.92. The minimum absolute atomic E-state index is 0. The number of methoxy groups -OCH3 is 1. The molecule has 1 fully saturated rings. The van der Waals surface area contributed by atoms with Crippen molar-refractivity contribution >= 4 is 12.4 Å². The van der Waals surface area contributed by atoms with Crippen molar-refractivity contribution in [2.24, 2.45) is 0 Å². The molecular weight excluding hydrogens is 305 g/mol. The SMILES string of the molecule is COc1cc(C(F)(F)F)ccc1[C@@H](C)N1CCNCC1.Cl. The van der Waals surface area contributed by atoms with Gasteiger partial charge in [0, 0.05) is 37.8 Å². The Hall–Kier alpha value is -0.980. The summed E-state index contributed by atoms with van der Waals surface area (Å²) in [6, 6.07) is 3.76. The van der Waals surface area contributed by atoms with E-state index < -0.39 is 11.7 Å². The third-order valence-corrected chi connectivity index (χ3v) is 3.71. The Morgan fingerprint density at radius 1 is 1.24 bits per heavy atom.